The minimum atomic E-state index is -0.313. The quantitative estimate of drug-likeness (QED) is 0.527. The second-order valence-electron chi connectivity index (χ2n) is 2.31. The topological polar surface area (TPSA) is 69.2 Å². The standard InChI is InChI=1S/C8H15NO4/c1-3-12-7(10)5-9-6-8(11)13-4-2/h9H,3-6H2,1-2H3/p+1. The molecule has 0 aromatic carbocycles. The number of quaternary nitrogens is 1. The van der Waals surface area contributed by atoms with Crippen molar-refractivity contribution >= 4 is 11.9 Å². The molecular weight excluding hydrogens is 174 g/mol. The number of hydrogen-bond acceptors (Lipinski definition) is 4. The van der Waals surface area contributed by atoms with Crippen molar-refractivity contribution in [2.45, 2.75) is 13.8 Å². The van der Waals surface area contributed by atoms with Crippen molar-refractivity contribution in [3.63, 3.8) is 0 Å². The van der Waals surface area contributed by atoms with Crippen LogP contribution in [0.5, 0.6) is 0 Å². The lowest BCUT2D eigenvalue weighted by molar-refractivity contribution is -0.635. The summed E-state index contributed by atoms with van der Waals surface area (Å²) in [5.41, 5.74) is 0. The molecule has 0 aliphatic carbocycles. The maximum atomic E-state index is 10.8. The molecule has 0 heterocycles. The molecule has 0 rings (SSSR count). The Labute approximate surface area is 77.4 Å². The van der Waals surface area contributed by atoms with E-state index in [1.54, 1.807) is 19.2 Å². The van der Waals surface area contributed by atoms with Gasteiger partial charge in [0.05, 0.1) is 13.2 Å². The second kappa shape index (κ2) is 7.54. The van der Waals surface area contributed by atoms with Gasteiger partial charge in [0.1, 0.15) is 0 Å². The van der Waals surface area contributed by atoms with Crippen molar-refractivity contribution in [1.29, 1.82) is 0 Å². The van der Waals surface area contributed by atoms with Gasteiger partial charge in [-0.2, -0.15) is 0 Å². The highest BCUT2D eigenvalue weighted by atomic mass is 16.5. The Morgan fingerprint density at radius 3 is 1.69 bits per heavy atom. The van der Waals surface area contributed by atoms with E-state index in [1.165, 1.54) is 0 Å². The number of rotatable bonds is 6. The zero-order chi connectivity index (χ0) is 10.1. The van der Waals surface area contributed by atoms with Crippen LogP contribution in [0.25, 0.3) is 0 Å². The number of hydrogen-bond donors (Lipinski definition) is 1. The van der Waals surface area contributed by atoms with Crippen molar-refractivity contribution in [3.8, 4) is 0 Å². The van der Waals surface area contributed by atoms with E-state index in [4.69, 9.17) is 0 Å². The average molecular weight is 190 g/mol. The van der Waals surface area contributed by atoms with E-state index in [1.807, 2.05) is 0 Å². The molecule has 0 bridgehead atoms. The first-order chi connectivity index (χ1) is 6.20. The molecule has 0 aliphatic heterocycles. The zero-order valence-corrected chi connectivity index (χ0v) is 8.04. The highest BCUT2D eigenvalue weighted by Crippen LogP contribution is 1.72. The molecule has 0 amide bonds. The zero-order valence-electron chi connectivity index (χ0n) is 8.04. The van der Waals surface area contributed by atoms with E-state index in [0.29, 0.717) is 13.2 Å². The molecule has 0 aromatic rings. The Morgan fingerprint density at radius 1 is 1.00 bits per heavy atom. The van der Waals surface area contributed by atoms with Crippen LogP contribution in [-0.4, -0.2) is 38.2 Å². The van der Waals surface area contributed by atoms with Crippen LogP contribution in [-0.2, 0) is 19.1 Å². The van der Waals surface area contributed by atoms with Gasteiger partial charge in [-0.3, -0.25) is 0 Å². The Kier molecular flexibility index (Phi) is 6.91. The van der Waals surface area contributed by atoms with Gasteiger partial charge >= 0.3 is 11.9 Å². The summed E-state index contributed by atoms with van der Waals surface area (Å²) in [6, 6.07) is 0. The lowest BCUT2D eigenvalue weighted by Gasteiger charge is -2.01. The number of esters is 2. The summed E-state index contributed by atoms with van der Waals surface area (Å²) in [7, 11) is 0. The van der Waals surface area contributed by atoms with Gasteiger partial charge in [-0.05, 0) is 13.8 Å². The lowest BCUT2D eigenvalue weighted by Crippen LogP contribution is -2.87. The van der Waals surface area contributed by atoms with Gasteiger partial charge in [0, 0.05) is 0 Å². The summed E-state index contributed by atoms with van der Waals surface area (Å²) in [6.07, 6.45) is 0. The number of nitrogens with two attached hydrogens (primary N) is 1. The maximum Gasteiger partial charge on any atom is 0.361 e. The Balaban J connectivity index is 3.33. The van der Waals surface area contributed by atoms with Gasteiger partial charge < -0.3 is 14.8 Å². The molecular formula is C8H16NO4+. The molecule has 0 saturated carbocycles. The summed E-state index contributed by atoms with van der Waals surface area (Å²) in [5, 5.41) is 1.55. The van der Waals surface area contributed by atoms with Crippen molar-refractivity contribution in [2.75, 3.05) is 26.3 Å². The third kappa shape index (κ3) is 7.27. The molecule has 5 heteroatoms. The van der Waals surface area contributed by atoms with Crippen LogP contribution in [0.4, 0.5) is 0 Å². The molecule has 0 unspecified atom stereocenters. The van der Waals surface area contributed by atoms with Crippen molar-refractivity contribution < 1.29 is 24.4 Å². The van der Waals surface area contributed by atoms with Crippen LogP contribution in [0.2, 0.25) is 0 Å². The summed E-state index contributed by atoms with van der Waals surface area (Å²) >= 11 is 0. The van der Waals surface area contributed by atoms with Crippen LogP contribution in [0.3, 0.4) is 0 Å². The average Bonchev–Trinajstić information content (AvgIpc) is 2.05. The summed E-state index contributed by atoms with van der Waals surface area (Å²) < 4.78 is 9.32. The van der Waals surface area contributed by atoms with E-state index in [9.17, 15) is 9.59 Å². The molecule has 13 heavy (non-hydrogen) atoms. The predicted octanol–water partition coefficient (Wildman–Crippen LogP) is -1.32. The predicted molar refractivity (Wildman–Crippen MR) is 44.9 cm³/mol. The first kappa shape index (κ1) is 11.9. The fourth-order valence-electron chi connectivity index (χ4n) is 0.748. The normalized spacial score (nSPS) is 9.38. The molecule has 0 saturated heterocycles. The van der Waals surface area contributed by atoms with Gasteiger partial charge in [-0.1, -0.05) is 0 Å². The molecule has 0 spiro atoms. The van der Waals surface area contributed by atoms with Crippen LogP contribution in [0, 0.1) is 0 Å². The Hall–Kier alpha value is -1.10. The fourth-order valence-corrected chi connectivity index (χ4v) is 0.748. The largest absolute Gasteiger partial charge is 0.462 e. The molecule has 0 radical (unpaired) electrons. The van der Waals surface area contributed by atoms with E-state index in [2.05, 4.69) is 9.47 Å². The highest BCUT2D eigenvalue weighted by Gasteiger charge is 2.07. The molecule has 0 aromatic heterocycles. The molecule has 0 fully saturated rings. The second-order valence-corrected chi connectivity index (χ2v) is 2.31. The van der Waals surface area contributed by atoms with Gasteiger partial charge in [-0.15, -0.1) is 0 Å². The summed E-state index contributed by atoms with van der Waals surface area (Å²) in [6.45, 7) is 4.53. The Bertz CT molecular complexity index is 152. The van der Waals surface area contributed by atoms with Crippen LogP contribution in [0.15, 0.2) is 0 Å². The molecule has 0 atom stereocenters. The lowest BCUT2D eigenvalue weighted by atomic mass is 10.5. The van der Waals surface area contributed by atoms with Gasteiger partial charge in [0.15, 0.2) is 13.1 Å². The van der Waals surface area contributed by atoms with Gasteiger partial charge in [0.2, 0.25) is 0 Å². The Morgan fingerprint density at radius 2 is 1.38 bits per heavy atom. The van der Waals surface area contributed by atoms with E-state index in [-0.39, 0.29) is 25.0 Å². The number of carbonyl (C=O) groups excluding carboxylic acids is 2. The van der Waals surface area contributed by atoms with Crippen LogP contribution in [0.1, 0.15) is 13.8 Å². The summed E-state index contributed by atoms with van der Waals surface area (Å²) in [5.74, 6) is -0.626. The number of ether oxygens (including phenoxy) is 2. The van der Waals surface area contributed by atoms with Crippen LogP contribution < -0.4 is 5.32 Å². The SMILES string of the molecule is CCOC(=O)C[NH2+]CC(=O)OCC. The highest BCUT2D eigenvalue weighted by molar-refractivity contribution is 5.72. The third-order valence-corrected chi connectivity index (χ3v) is 1.23. The minimum absolute atomic E-state index is 0.159. The smallest absolute Gasteiger partial charge is 0.361 e. The third-order valence-electron chi connectivity index (χ3n) is 1.23. The van der Waals surface area contributed by atoms with Crippen LogP contribution >= 0.6 is 0 Å². The maximum absolute atomic E-state index is 10.8. The molecule has 5 nitrogen and oxygen atoms in total. The van der Waals surface area contributed by atoms with Crippen molar-refractivity contribution in [3.05, 3.63) is 0 Å². The van der Waals surface area contributed by atoms with Crippen molar-refractivity contribution in [1.82, 2.24) is 0 Å². The first-order valence-corrected chi connectivity index (χ1v) is 4.33. The molecule has 0 aliphatic rings. The summed E-state index contributed by atoms with van der Waals surface area (Å²) in [4.78, 5) is 21.6. The molecule has 76 valence electrons. The van der Waals surface area contributed by atoms with Gasteiger partial charge in [-0.25, -0.2) is 9.59 Å². The van der Waals surface area contributed by atoms with Gasteiger partial charge in [0.25, 0.3) is 0 Å². The monoisotopic (exact) mass is 190 g/mol. The molecule has 2 N–H and O–H groups in total. The van der Waals surface area contributed by atoms with E-state index >= 15 is 0 Å². The minimum Gasteiger partial charge on any atom is -0.462 e. The number of carbonyl (C=O) groups is 2. The van der Waals surface area contributed by atoms with Crippen molar-refractivity contribution in [2.24, 2.45) is 0 Å². The first-order valence-electron chi connectivity index (χ1n) is 4.33. The fraction of sp³-hybridized carbons (Fsp3) is 0.750. The van der Waals surface area contributed by atoms with E-state index in [0.717, 1.165) is 0 Å². The van der Waals surface area contributed by atoms with E-state index < -0.39 is 0 Å².